The van der Waals surface area contributed by atoms with Crippen molar-refractivity contribution in [3.63, 3.8) is 0 Å². The summed E-state index contributed by atoms with van der Waals surface area (Å²) >= 11 is 5.68. The molecule has 0 unspecified atom stereocenters. The number of aromatic nitrogens is 2. The summed E-state index contributed by atoms with van der Waals surface area (Å²) in [5.74, 6) is 0. The maximum absolute atomic E-state index is 5.71. The summed E-state index contributed by atoms with van der Waals surface area (Å²) in [7, 11) is 0. The van der Waals surface area contributed by atoms with Crippen molar-refractivity contribution in [2.75, 3.05) is 13.1 Å². The number of ether oxygens (including phenoxy) is 1. The van der Waals surface area contributed by atoms with Gasteiger partial charge in [-0.3, -0.25) is 0 Å². The van der Waals surface area contributed by atoms with Crippen LogP contribution < -0.4 is 5.32 Å². The lowest BCUT2D eigenvalue weighted by Crippen LogP contribution is -2.35. The summed E-state index contributed by atoms with van der Waals surface area (Å²) in [5, 5.41) is 3.57. The molecule has 0 bridgehead atoms. The molecule has 82 valence electrons. The number of nitrogens with zero attached hydrogens (tertiary/aromatic N) is 2. The molecule has 4 nitrogen and oxygen atoms in total. The standard InChI is InChI=1S/C10H14ClN3O/c11-10-13-5-3-8(14-10)7-15-9-2-1-4-12-6-9/h3,5,9,12H,1-2,4,6-7H2/t9-/m0/s1. The van der Waals surface area contributed by atoms with E-state index in [1.54, 1.807) is 6.20 Å². The molecule has 0 saturated carbocycles. The van der Waals surface area contributed by atoms with E-state index in [0.29, 0.717) is 12.7 Å². The highest BCUT2D eigenvalue weighted by Gasteiger charge is 2.13. The molecular formula is C10H14ClN3O. The zero-order valence-corrected chi connectivity index (χ0v) is 9.20. The first-order valence-electron chi connectivity index (χ1n) is 5.14. The molecule has 1 aliphatic heterocycles. The topological polar surface area (TPSA) is 47.0 Å². The second kappa shape index (κ2) is 5.39. The lowest BCUT2D eigenvalue weighted by molar-refractivity contribution is 0.0236. The summed E-state index contributed by atoms with van der Waals surface area (Å²) < 4.78 is 5.71. The van der Waals surface area contributed by atoms with E-state index >= 15 is 0 Å². The van der Waals surface area contributed by atoms with E-state index in [1.807, 2.05) is 6.07 Å². The highest BCUT2D eigenvalue weighted by molar-refractivity contribution is 6.28. The van der Waals surface area contributed by atoms with Crippen molar-refractivity contribution in [1.82, 2.24) is 15.3 Å². The number of piperidine rings is 1. The second-order valence-corrected chi connectivity index (χ2v) is 3.93. The first kappa shape index (κ1) is 10.8. The molecule has 1 atom stereocenters. The van der Waals surface area contributed by atoms with Gasteiger partial charge in [-0.2, -0.15) is 0 Å². The third-order valence-electron chi connectivity index (χ3n) is 2.40. The number of halogens is 1. The van der Waals surface area contributed by atoms with Crippen LogP contribution in [0.3, 0.4) is 0 Å². The predicted molar refractivity (Wildman–Crippen MR) is 57.7 cm³/mol. The van der Waals surface area contributed by atoms with Crippen LogP contribution in [0.15, 0.2) is 12.3 Å². The van der Waals surface area contributed by atoms with Crippen LogP contribution in [-0.2, 0) is 11.3 Å². The van der Waals surface area contributed by atoms with E-state index in [9.17, 15) is 0 Å². The Morgan fingerprint density at radius 3 is 3.27 bits per heavy atom. The first-order valence-corrected chi connectivity index (χ1v) is 5.52. The fraction of sp³-hybridized carbons (Fsp3) is 0.600. The van der Waals surface area contributed by atoms with E-state index in [2.05, 4.69) is 15.3 Å². The van der Waals surface area contributed by atoms with Gasteiger partial charge >= 0.3 is 0 Å². The van der Waals surface area contributed by atoms with Crippen molar-refractivity contribution in [2.45, 2.75) is 25.6 Å². The Hall–Kier alpha value is -0.710. The highest BCUT2D eigenvalue weighted by Crippen LogP contribution is 2.09. The first-order chi connectivity index (χ1) is 7.34. The van der Waals surface area contributed by atoms with Crippen LogP contribution in [0.5, 0.6) is 0 Å². The van der Waals surface area contributed by atoms with Gasteiger partial charge in [0.1, 0.15) is 0 Å². The second-order valence-electron chi connectivity index (χ2n) is 3.60. The Bertz CT molecular complexity index is 315. The molecule has 0 aromatic carbocycles. The molecule has 15 heavy (non-hydrogen) atoms. The third-order valence-corrected chi connectivity index (χ3v) is 2.58. The van der Waals surface area contributed by atoms with Gasteiger partial charge in [0.05, 0.1) is 18.4 Å². The summed E-state index contributed by atoms with van der Waals surface area (Å²) in [4.78, 5) is 7.89. The summed E-state index contributed by atoms with van der Waals surface area (Å²) in [6.45, 7) is 2.53. The van der Waals surface area contributed by atoms with Gasteiger partial charge < -0.3 is 10.1 Å². The van der Waals surface area contributed by atoms with Crippen molar-refractivity contribution in [3.8, 4) is 0 Å². The Morgan fingerprint density at radius 1 is 1.60 bits per heavy atom. The molecular weight excluding hydrogens is 214 g/mol. The van der Waals surface area contributed by atoms with Crippen LogP contribution >= 0.6 is 11.6 Å². The van der Waals surface area contributed by atoms with Crippen LogP contribution in [0.2, 0.25) is 5.28 Å². The van der Waals surface area contributed by atoms with Crippen molar-refractivity contribution in [2.24, 2.45) is 0 Å². The monoisotopic (exact) mass is 227 g/mol. The lowest BCUT2D eigenvalue weighted by atomic mass is 10.1. The largest absolute Gasteiger partial charge is 0.371 e. The van der Waals surface area contributed by atoms with Gasteiger partial charge in [0.15, 0.2) is 0 Å². The zero-order valence-electron chi connectivity index (χ0n) is 8.45. The smallest absolute Gasteiger partial charge is 0.222 e. The molecule has 1 aromatic heterocycles. The van der Waals surface area contributed by atoms with E-state index in [1.165, 1.54) is 6.42 Å². The minimum atomic E-state index is 0.276. The van der Waals surface area contributed by atoms with Gasteiger partial charge in [0, 0.05) is 12.7 Å². The number of hydrogen-bond donors (Lipinski definition) is 1. The molecule has 1 N–H and O–H groups in total. The molecule has 0 radical (unpaired) electrons. The molecule has 0 spiro atoms. The van der Waals surface area contributed by atoms with Gasteiger partial charge in [0.2, 0.25) is 5.28 Å². The maximum atomic E-state index is 5.71. The van der Waals surface area contributed by atoms with E-state index in [-0.39, 0.29) is 5.28 Å². The van der Waals surface area contributed by atoms with Gasteiger partial charge in [-0.15, -0.1) is 0 Å². The Balaban J connectivity index is 1.81. The van der Waals surface area contributed by atoms with Crippen LogP contribution in [0.4, 0.5) is 0 Å². The quantitative estimate of drug-likeness (QED) is 0.793. The van der Waals surface area contributed by atoms with Crippen molar-refractivity contribution >= 4 is 11.6 Å². The molecule has 0 amide bonds. The lowest BCUT2D eigenvalue weighted by Gasteiger charge is -2.22. The van der Waals surface area contributed by atoms with Crippen LogP contribution in [-0.4, -0.2) is 29.2 Å². The van der Waals surface area contributed by atoms with E-state index < -0.39 is 0 Å². The Kier molecular flexibility index (Phi) is 3.88. The minimum Gasteiger partial charge on any atom is -0.371 e. The molecule has 1 aromatic rings. The predicted octanol–water partition coefficient (Wildman–Crippen LogP) is 1.40. The van der Waals surface area contributed by atoms with Crippen molar-refractivity contribution in [1.29, 1.82) is 0 Å². The normalized spacial score (nSPS) is 21.5. The molecule has 2 rings (SSSR count). The third kappa shape index (κ3) is 3.41. The number of hydrogen-bond acceptors (Lipinski definition) is 4. The molecule has 1 fully saturated rings. The zero-order chi connectivity index (χ0) is 10.5. The summed E-state index contributed by atoms with van der Waals surface area (Å²) in [5.41, 5.74) is 0.834. The summed E-state index contributed by atoms with van der Waals surface area (Å²) in [6.07, 6.45) is 4.24. The highest BCUT2D eigenvalue weighted by atomic mass is 35.5. The Morgan fingerprint density at radius 2 is 2.53 bits per heavy atom. The van der Waals surface area contributed by atoms with Gasteiger partial charge in [-0.05, 0) is 37.1 Å². The van der Waals surface area contributed by atoms with Crippen LogP contribution in [0, 0.1) is 0 Å². The summed E-state index contributed by atoms with van der Waals surface area (Å²) in [6, 6.07) is 1.82. The SMILES string of the molecule is Clc1nccc(CO[C@H]2CCCNC2)n1. The van der Waals surface area contributed by atoms with Gasteiger partial charge in [-0.1, -0.05) is 0 Å². The minimum absolute atomic E-state index is 0.276. The number of nitrogens with one attached hydrogen (secondary N) is 1. The Labute approximate surface area is 94.0 Å². The molecule has 1 saturated heterocycles. The van der Waals surface area contributed by atoms with E-state index in [4.69, 9.17) is 16.3 Å². The van der Waals surface area contributed by atoms with E-state index in [0.717, 1.165) is 25.2 Å². The van der Waals surface area contributed by atoms with Crippen molar-refractivity contribution in [3.05, 3.63) is 23.2 Å². The molecule has 5 heteroatoms. The average molecular weight is 228 g/mol. The molecule has 2 heterocycles. The van der Waals surface area contributed by atoms with Gasteiger partial charge in [-0.25, -0.2) is 9.97 Å². The van der Waals surface area contributed by atoms with Crippen LogP contribution in [0.1, 0.15) is 18.5 Å². The molecule has 0 aliphatic carbocycles. The van der Waals surface area contributed by atoms with Crippen molar-refractivity contribution < 1.29 is 4.74 Å². The fourth-order valence-corrected chi connectivity index (χ4v) is 1.78. The molecule has 1 aliphatic rings. The van der Waals surface area contributed by atoms with Crippen LogP contribution in [0.25, 0.3) is 0 Å². The number of rotatable bonds is 3. The average Bonchev–Trinajstić information content (AvgIpc) is 2.28. The fourth-order valence-electron chi connectivity index (χ4n) is 1.62. The van der Waals surface area contributed by atoms with Gasteiger partial charge in [0.25, 0.3) is 0 Å². The maximum Gasteiger partial charge on any atom is 0.222 e.